The number of nitrogens with zero attached hydrogens (tertiary/aromatic N) is 2. The Morgan fingerprint density at radius 3 is 2.64 bits per heavy atom. The molecule has 0 atom stereocenters. The van der Waals surface area contributed by atoms with Crippen molar-refractivity contribution >= 4 is 35.8 Å². The first-order valence-corrected chi connectivity index (χ1v) is 10.0. The normalized spacial score (nSPS) is 16.7. The van der Waals surface area contributed by atoms with Gasteiger partial charge in [0.15, 0.2) is 0 Å². The van der Waals surface area contributed by atoms with Gasteiger partial charge in [0.05, 0.1) is 0 Å². The van der Waals surface area contributed by atoms with Crippen LogP contribution in [0.4, 0.5) is 9.59 Å². The van der Waals surface area contributed by atoms with Gasteiger partial charge in [0.25, 0.3) is 0 Å². The van der Waals surface area contributed by atoms with Crippen LogP contribution in [0.2, 0.25) is 0 Å². The molecule has 28 heavy (non-hydrogen) atoms. The monoisotopic (exact) mass is 405 g/mol. The Morgan fingerprint density at radius 2 is 2.04 bits per heavy atom. The number of piperidine rings is 1. The van der Waals surface area contributed by atoms with Gasteiger partial charge >= 0.3 is 12.2 Å². The number of allylic oxidation sites excluding steroid dienone is 2. The number of nitrogens with two attached hydrogens (primary N) is 1. The highest BCUT2D eigenvalue weighted by Gasteiger charge is 2.28. The molecule has 0 bridgehead atoms. The summed E-state index contributed by atoms with van der Waals surface area (Å²) in [7, 11) is 0. The Bertz CT molecular complexity index is 740. The summed E-state index contributed by atoms with van der Waals surface area (Å²) in [5, 5.41) is 1.98. The number of thiophene rings is 1. The second kappa shape index (κ2) is 10.1. The van der Waals surface area contributed by atoms with Crippen LogP contribution in [-0.2, 0) is 9.47 Å². The van der Waals surface area contributed by atoms with Crippen molar-refractivity contribution in [1.82, 2.24) is 4.90 Å². The minimum atomic E-state index is -0.665. The van der Waals surface area contributed by atoms with Gasteiger partial charge in [-0.3, -0.25) is 0 Å². The number of rotatable bonds is 4. The third-order valence-corrected chi connectivity index (χ3v) is 4.63. The molecule has 0 saturated carbocycles. The third-order valence-electron chi connectivity index (χ3n) is 3.79. The smallest absolute Gasteiger partial charge is 0.433 e. The van der Waals surface area contributed by atoms with Gasteiger partial charge in [-0.2, -0.15) is 4.99 Å². The minimum Gasteiger partial charge on any atom is -0.444 e. The number of carbonyl (C=O) groups excluding carboxylic acids is 2. The summed E-state index contributed by atoms with van der Waals surface area (Å²) in [6.45, 7) is 6.46. The number of carbonyl (C=O) groups is 2. The SMILES string of the molecule is CC(C)(C)OC(=O)N1CCC(OC(=O)/N=C/C=C(N)/C=C/c2cccs2)CC1. The molecule has 152 valence electrons. The highest BCUT2D eigenvalue weighted by Crippen LogP contribution is 2.17. The first-order valence-electron chi connectivity index (χ1n) is 9.13. The third kappa shape index (κ3) is 7.96. The molecular formula is C20H27N3O4S. The van der Waals surface area contributed by atoms with Crippen LogP contribution in [0.3, 0.4) is 0 Å². The molecule has 7 nitrogen and oxygen atoms in total. The van der Waals surface area contributed by atoms with Crippen LogP contribution < -0.4 is 5.73 Å². The molecule has 0 aliphatic carbocycles. The molecule has 2 heterocycles. The molecule has 1 saturated heterocycles. The summed E-state index contributed by atoms with van der Waals surface area (Å²) < 4.78 is 10.7. The standard InChI is InChI=1S/C20H27N3O4S/c1-20(2,3)27-19(25)23-12-9-16(10-13-23)26-18(24)22-11-8-15(21)6-7-17-5-4-14-28-17/h4-8,11,14,16H,9-10,12-13,21H2,1-3H3/b7-6+,15-8-,22-11+. The lowest BCUT2D eigenvalue weighted by atomic mass is 10.1. The zero-order chi connectivity index (χ0) is 20.6. The van der Waals surface area contributed by atoms with Gasteiger partial charge < -0.3 is 20.1 Å². The molecule has 0 spiro atoms. The maximum atomic E-state index is 12.0. The Morgan fingerprint density at radius 1 is 1.32 bits per heavy atom. The van der Waals surface area contributed by atoms with Gasteiger partial charge in [-0.25, -0.2) is 9.59 Å². The lowest BCUT2D eigenvalue weighted by molar-refractivity contribution is 0.00756. The molecule has 1 fully saturated rings. The van der Waals surface area contributed by atoms with Gasteiger partial charge in [0.1, 0.15) is 11.7 Å². The van der Waals surface area contributed by atoms with Gasteiger partial charge in [0.2, 0.25) is 0 Å². The van der Waals surface area contributed by atoms with E-state index in [0.29, 0.717) is 31.6 Å². The topological polar surface area (TPSA) is 94.2 Å². The molecule has 0 radical (unpaired) electrons. The minimum absolute atomic E-state index is 0.261. The Hall–Kier alpha value is -2.61. The lowest BCUT2D eigenvalue weighted by Crippen LogP contribution is -2.43. The molecule has 0 aromatic carbocycles. The first kappa shape index (κ1) is 21.7. The van der Waals surface area contributed by atoms with Crippen LogP contribution in [0.1, 0.15) is 38.5 Å². The largest absolute Gasteiger partial charge is 0.444 e. The number of aliphatic imine (C=N–C) groups is 1. The predicted molar refractivity (Wildman–Crippen MR) is 111 cm³/mol. The summed E-state index contributed by atoms with van der Waals surface area (Å²) in [5.74, 6) is 0. The van der Waals surface area contributed by atoms with Crippen LogP contribution in [-0.4, -0.2) is 48.1 Å². The molecule has 1 aliphatic heterocycles. The van der Waals surface area contributed by atoms with Crippen molar-refractivity contribution in [2.45, 2.75) is 45.3 Å². The van der Waals surface area contributed by atoms with Gasteiger partial charge in [0, 0.05) is 42.7 Å². The number of hydrogen-bond acceptors (Lipinski definition) is 6. The maximum Gasteiger partial charge on any atom is 0.433 e. The van der Waals surface area contributed by atoms with Gasteiger partial charge in [-0.1, -0.05) is 6.07 Å². The van der Waals surface area contributed by atoms with Gasteiger partial charge in [-0.05, 0) is 50.4 Å². The number of likely N-dealkylation sites (tertiary alicyclic amines) is 1. The summed E-state index contributed by atoms with van der Waals surface area (Å²) in [5.41, 5.74) is 5.79. The van der Waals surface area contributed by atoms with Crippen LogP contribution in [0.25, 0.3) is 6.08 Å². The van der Waals surface area contributed by atoms with E-state index in [2.05, 4.69) is 4.99 Å². The van der Waals surface area contributed by atoms with Crippen molar-refractivity contribution in [3.63, 3.8) is 0 Å². The molecule has 2 rings (SSSR count). The molecule has 2 amide bonds. The van der Waals surface area contributed by atoms with E-state index in [9.17, 15) is 9.59 Å². The highest BCUT2D eigenvalue weighted by atomic mass is 32.1. The number of ether oxygens (including phenoxy) is 2. The van der Waals surface area contributed by atoms with Crippen LogP contribution in [0, 0.1) is 0 Å². The fourth-order valence-corrected chi connectivity index (χ4v) is 3.08. The van der Waals surface area contributed by atoms with E-state index >= 15 is 0 Å². The van der Waals surface area contributed by atoms with Gasteiger partial charge in [-0.15, -0.1) is 11.3 Å². The maximum absolute atomic E-state index is 12.0. The van der Waals surface area contributed by atoms with Crippen molar-refractivity contribution < 1.29 is 19.1 Å². The second-order valence-corrected chi connectivity index (χ2v) is 8.32. The summed E-state index contributed by atoms with van der Waals surface area (Å²) in [6, 6.07) is 3.94. The van der Waals surface area contributed by atoms with Crippen LogP contribution in [0.5, 0.6) is 0 Å². The van der Waals surface area contributed by atoms with E-state index in [0.717, 1.165) is 4.88 Å². The molecule has 1 aliphatic rings. The Labute approximate surface area is 169 Å². The van der Waals surface area contributed by atoms with Crippen molar-refractivity contribution in [2.75, 3.05) is 13.1 Å². The van der Waals surface area contributed by atoms with E-state index in [1.54, 1.807) is 22.3 Å². The average Bonchev–Trinajstić information content (AvgIpc) is 3.12. The van der Waals surface area contributed by atoms with E-state index in [4.69, 9.17) is 15.2 Å². The first-order chi connectivity index (χ1) is 13.2. The molecular weight excluding hydrogens is 378 g/mol. The molecule has 2 N–H and O–H groups in total. The Balaban J connectivity index is 1.73. The van der Waals surface area contributed by atoms with E-state index < -0.39 is 11.7 Å². The van der Waals surface area contributed by atoms with Crippen molar-refractivity contribution in [3.05, 3.63) is 40.2 Å². The van der Waals surface area contributed by atoms with Crippen LogP contribution in [0.15, 0.2) is 40.4 Å². The fraction of sp³-hybridized carbons (Fsp3) is 0.450. The molecule has 1 aromatic heterocycles. The zero-order valence-electron chi connectivity index (χ0n) is 16.5. The summed E-state index contributed by atoms with van der Waals surface area (Å²) >= 11 is 1.61. The predicted octanol–water partition coefficient (Wildman–Crippen LogP) is 4.21. The number of hydrogen-bond donors (Lipinski definition) is 1. The lowest BCUT2D eigenvalue weighted by Gasteiger charge is -2.32. The van der Waals surface area contributed by atoms with E-state index in [-0.39, 0.29) is 12.2 Å². The quantitative estimate of drug-likeness (QED) is 0.598. The number of amides is 2. The summed E-state index contributed by atoms with van der Waals surface area (Å²) in [6.07, 6.45) is 6.35. The molecule has 8 heteroatoms. The second-order valence-electron chi connectivity index (χ2n) is 7.34. The average molecular weight is 406 g/mol. The van der Waals surface area contributed by atoms with Crippen molar-refractivity contribution in [3.8, 4) is 0 Å². The molecule has 1 aromatic rings. The molecule has 0 unspecified atom stereocenters. The Kier molecular flexibility index (Phi) is 7.80. The zero-order valence-corrected chi connectivity index (χ0v) is 17.3. The fourth-order valence-electron chi connectivity index (χ4n) is 2.46. The van der Waals surface area contributed by atoms with Crippen LogP contribution >= 0.6 is 11.3 Å². The van der Waals surface area contributed by atoms with E-state index in [1.807, 2.05) is 44.4 Å². The van der Waals surface area contributed by atoms with E-state index in [1.165, 1.54) is 12.3 Å². The van der Waals surface area contributed by atoms with Crippen molar-refractivity contribution in [1.29, 1.82) is 0 Å². The summed E-state index contributed by atoms with van der Waals surface area (Å²) in [4.78, 5) is 30.3. The highest BCUT2D eigenvalue weighted by molar-refractivity contribution is 7.10. The van der Waals surface area contributed by atoms with Crippen molar-refractivity contribution in [2.24, 2.45) is 10.7 Å².